The Morgan fingerprint density at radius 3 is 2.95 bits per heavy atom. The summed E-state index contributed by atoms with van der Waals surface area (Å²) in [6.07, 6.45) is 0. The van der Waals surface area contributed by atoms with Crippen LogP contribution in [0.1, 0.15) is 5.56 Å². The van der Waals surface area contributed by atoms with Gasteiger partial charge in [0.2, 0.25) is 0 Å². The maximum absolute atomic E-state index is 13.2. The molecule has 0 aliphatic carbocycles. The number of halogens is 1. The van der Waals surface area contributed by atoms with Crippen LogP contribution in [0.4, 0.5) is 10.1 Å². The number of hydrogen-bond donors (Lipinski definition) is 1. The third kappa shape index (κ3) is 2.47. The molecule has 19 heavy (non-hydrogen) atoms. The number of anilines is 1. The number of aromatic hydroxyl groups is 1. The number of nitrogens with zero attached hydrogens (tertiary/aromatic N) is 1. The minimum absolute atomic E-state index is 0.255. The zero-order valence-electron chi connectivity index (χ0n) is 10.3. The van der Waals surface area contributed by atoms with Crippen molar-refractivity contribution in [2.45, 2.75) is 6.54 Å². The molecule has 98 valence electrons. The van der Waals surface area contributed by atoms with Gasteiger partial charge in [0, 0.05) is 12.6 Å². The Morgan fingerprint density at radius 1 is 1.21 bits per heavy atom. The molecule has 0 bridgehead atoms. The van der Waals surface area contributed by atoms with E-state index >= 15 is 0 Å². The number of ether oxygens (including phenoxy) is 1. The van der Waals surface area contributed by atoms with Crippen molar-refractivity contribution >= 4 is 5.69 Å². The first-order valence-corrected chi connectivity index (χ1v) is 6.17. The van der Waals surface area contributed by atoms with Crippen LogP contribution in [-0.2, 0) is 6.54 Å². The third-order valence-corrected chi connectivity index (χ3v) is 3.17. The van der Waals surface area contributed by atoms with E-state index in [9.17, 15) is 9.50 Å². The summed E-state index contributed by atoms with van der Waals surface area (Å²) in [5.74, 6) is 0.537. The van der Waals surface area contributed by atoms with E-state index in [4.69, 9.17) is 4.74 Å². The first kappa shape index (κ1) is 11.8. The highest BCUT2D eigenvalue weighted by Crippen LogP contribution is 2.33. The summed E-state index contributed by atoms with van der Waals surface area (Å²) in [5.41, 5.74) is 1.90. The summed E-state index contributed by atoms with van der Waals surface area (Å²) < 4.78 is 18.6. The fraction of sp³-hybridized carbons (Fsp3) is 0.200. The van der Waals surface area contributed by atoms with Crippen molar-refractivity contribution < 1.29 is 14.2 Å². The molecule has 0 aromatic heterocycles. The van der Waals surface area contributed by atoms with E-state index in [1.807, 2.05) is 12.1 Å². The standard InChI is InChI=1S/C15H14FNO2/c16-12-4-5-14-15(9-12)19-7-6-17(14)10-11-2-1-3-13(18)8-11/h1-5,8-9,18H,6-7,10H2. The second-order valence-corrected chi connectivity index (χ2v) is 4.55. The summed E-state index contributed by atoms with van der Waals surface area (Å²) in [6.45, 7) is 1.94. The Morgan fingerprint density at radius 2 is 2.11 bits per heavy atom. The third-order valence-electron chi connectivity index (χ3n) is 3.17. The second-order valence-electron chi connectivity index (χ2n) is 4.55. The van der Waals surface area contributed by atoms with Crippen molar-refractivity contribution in [3.63, 3.8) is 0 Å². The average Bonchev–Trinajstić information content (AvgIpc) is 2.38. The van der Waals surface area contributed by atoms with Gasteiger partial charge in [0.25, 0.3) is 0 Å². The molecule has 1 N–H and O–H groups in total. The van der Waals surface area contributed by atoms with Crippen LogP contribution in [0.25, 0.3) is 0 Å². The maximum Gasteiger partial charge on any atom is 0.145 e. The van der Waals surface area contributed by atoms with Gasteiger partial charge in [-0.15, -0.1) is 0 Å². The van der Waals surface area contributed by atoms with Crippen LogP contribution >= 0.6 is 0 Å². The summed E-state index contributed by atoms with van der Waals surface area (Å²) in [4.78, 5) is 2.12. The van der Waals surface area contributed by atoms with Gasteiger partial charge in [-0.05, 0) is 29.8 Å². The summed E-state index contributed by atoms with van der Waals surface area (Å²) in [7, 11) is 0. The SMILES string of the molecule is Oc1cccc(CN2CCOc3cc(F)ccc32)c1. The van der Waals surface area contributed by atoms with Crippen LogP contribution in [0.2, 0.25) is 0 Å². The first-order valence-electron chi connectivity index (χ1n) is 6.17. The second kappa shape index (κ2) is 4.80. The molecule has 3 nitrogen and oxygen atoms in total. The molecule has 1 aliphatic rings. The molecular weight excluding hydrogens is 245 g/mol. The van der Waals surface area contributed by atoms with Gasteiger partial charge in [-0.1, -0.05) is 12.1 Å². The van der Waals surface area contributed by atoms with Crippen LogP contribution in [-0.4, -0.2) is 18.3 Å². The van der Waals surface area contributed by atoms with Crippen molar-refractivity contribution in [1.82, 2.24) is 0 Å². The van der Waals surface area contributed by atoms with E-state index in [0.29, 0.717) is 18.9 Å². The van der Waals surface area contributed by atoms with Crippen LogP contribution in [0.3, 0.4) is 0 Å². The first-order chi connectivity index (χ1) is 9.22. The topological polar surface area (TPSA) is 32.7 Å². The number of hydrogen-bond acceptors (Lipinski definition) is 3. The minimum atomic E-state index is -0.294. The quantitative estimate of drug-likeness (QED) is 0.900. The average molecular weight is 259 g/mol. The molecule has 0 saturated carbocycles. The van der Waals surface area contributed by atoms with Crippen LogP contribution in [0, 0.1) is 5.82 Å². The molecule has 2 aromatic carbocycles. The number of rotatable bonds is 2. The molecular formula is C15H14FNO2. The highest BCUT2D eigenvalue weighted by molar-refractivity contribution is 5.60. The number of fused-ring (bicyclic) bond motifs is 1. The lowest BCUT2D eigenvalue weighted by molar-refractivity contribution is 0.305. The molecule has 1 aliphatic heterocycles. The predicted octanol–water partition coefficient (Wildman–Crippen LogP) is 2.93. The number of phenolic OH excluding ortho intramolecular Hbond substituents is 1. The Hall–Kier alpha value is -2.23. The van der Waals surface area contributed by atoms with Crippen LogP contribution < -0.4 is 9.64 Å². The van der Waals surface area contributed by atoms with Crippen molar-refractivity contribution in [3.05, 3.63) is 53.8 Å². The van der Waals surface area contributed by atoms with E-state index in [0.717, 1.165) is 17.8 Å². The highest BCUT2D eigenvalue weighted by atomic mass is 19.1. The van der Waals surface area contributed by atoms with E-state index < -0.39 is 0 Å². The lowest BCUT2D eigenvalue weighted by Crippen LogP contribution is -2.32. The van der Waals surface area contributed by atoms with Gasteiger partial charge in [0.15, 0.2) is 0 Å². The molecule has 0 unspecified atom stereocenters. The molecule has 1 heterocycles. The van der Waals surface area contributed by atoms with Crippen LogP contribution in [0.5, 0.6) is 11.5 Å². The molecule has 0 saturated heterocycles. The molecule has 2 aromatic rings. The highest BCUT2D eigenvalue weighted by Gasteiger charge is 2.18. The van der Waals surface area contributed by atoms with E-state index in [1.165, 1.54) is 12.1 Å². The molecule has 4 heteroatoms. The van der Waals surface area contributed by atoms with Crippen molar-refractivity contribution in [3.8, 4) is 11.5 Å². The Labute approximate surface area is 110 Å². The summed E-state index contributed by atoms with van der Waals surface area (Å²) in [6, 6.07) is 11.7. The molecule has 0 amide bonds. The maximum atomic E-state index is 13.2. The zero-order chi connectivity index (χ0) is 13.2. The molecule has 0 spiro atoms. The molecule has 0 radical (unpaired) electrons. The van der Waals surface area contributed by atoms with Gasteiger partial charge in [0.1, 0.15) is 23.9 Å². The lowest BCUT2D eigenvalue weighted by Gasteiger charge is -2.31. The van der Waals surface area contributed by atoms with Gasteiger partial charge in [-0.2, -0.15) is 0 Å². The Kier molecular flexibility index (Phi) is 2.99. The van der Waals surface area contributed by atoms with Gasteiger partial charge in [-0.25, -0.2) is 4.39 Å². The molecule has 3 rings (SSSR count). The summed E-state index contributed by atoms with van der Waals surface area (Å²) >= 11 is 0. The normalized spacial score (nSPS) is 13.8. The van der Waals surface area contributed by atoms with E-state index in [2.05, 4.69) is 4.90 Å². The van der Waals surface area contributed by atoms with Gasteiger partial charge in [0.05, 0.1) is 12.2 Å². The van der Waals surface area contributed by atoms with E-state index in [-0.39, 0.29) is 11.6 Å². The fourth-order valence-electron chi connectivity index (χ4n) is 2.29. The summed E-state index contributed by atoms with van der Waals surface area (Å²) in [5, 5.41) is 9.48. The van der Waals surface area contributed by atoms with Crippen molar-refractivity contribution in [2.75, 3.05) is 18.1 Å². The van der Waals surface area contributed by atoms with Gasteiger partial charge in [-0.3, -0.25) is 0 Å². The van der Waals surface area contributed by atoms with E-state index in [1.54, 1.807) is 18.2 Å². The minimum Gasteiger partial charge on any atom is -0.508 e. The lowest BCUT2D eigenvalue weighted by atomic mass is 10.1. The van der Waals surface area contributed by atoms with Gasteiger partial charge < -0.3 is 14.7 Å². The van der Waals surface area contributed by atoms with Crippen LogP contribution in [0.15, 0.2) is 42.5 Å². The zero-order valence-corrected chi connectivity index (χ0v) is 10.3. The number of phenols is 1. The van der Waals surface area contributed by atoms with Gasteiger partial charge >= 0.3 is 0 Å². The van der Waals surface area contributed by atoms with Crippen molar-refractivity contribution in [1.29, 1.82) is 0 Å². The largest absolute Gasteiger partial charge is 0.508 e. The fourth-order valence-corrected chi connectivity index (χ4v) is 2.29. The monoisotopic (exact) mass is 259 g/mol. The molecule has 0 atom stereocenters. The smallest absolute Gasteiger partial charge is 0.145 e. The Bertz CT molecular complexity index is 600. The Balaban J connectivity index is 1.87. The number of benzene rings is 2. The van der Waals surface area contributed by atoms with Crippen molar-refractivity contribution in [2.24, 2.45) is 0 Å². The predicted molar refractivity (Wildman–Crippen MR) is 71.1 cm³/mol. The molecule has 0 fully saturated rings.